The zero-order valence-corrected chi connectivity index (χ0v) is 28.7. The summed E-state index contributed by atoms with van der Waals surface area (Å²) in [6.45, 7) is 5.28. The molecule has 0 aromatic heterocycles. The minimum atomic E-state index is -1.19. The molecule has 4 aromatic carbocycles. The fraction of sp³-hybridized carbons (Fsp3) is 0.231. The fourth-order valence-electron chi connectivity index (χ4n) is 5.56. The molecule has 1 saturated heterocycles. The fourth-order valence-corrected chi connectivity index (χ4v) is 8.07. The molecule has 2 amide bonds. The molecule has 1 heterocycles. The van der Waals surface area contributed by atoms with Crippen molar-refractivity contribution < 1.29 is 28.7 Å². The van der Waals surface area contributed by atoms with Gasteiger partial charge in [-0.2, -0.15) is 0 Å². The Morgan fingerprint density at radius 1 is 0.857 bits per heavy atom. The Balaban J connectivity index is 1.37. The SMILES string of the molecule is C=C(C)C(C(=O)OCC(=O)c1ccccc1)N1C(=O)C(NC(=O)C(OCc2ccccc2)c2ccccc2)C1S(=S)CCc1ccccc1. The van der Waals surface area contributed by atoms with Crippen molar-refractivity contribution in [3.63, 3.8) is 0 Å². The minimum Gasteiger partial charge on any atom is -0.455 e. The topological polar surface area (TPSA) is 102 Å². The highest BCUT2D eigenvalue weighted by atomic mass is 32.8. The number of Topliss-reactive ketones (excluding diaryl/α,β-unsaturated/α-hetero) is 1. The third-order valence-corrected chi connectivity index (χ3v) is 10.8. The summed E-state index contributed by atoms with van der Waals surface area (Å²) in [7, 11) is -0.896. The predicted octanol–water partition coefficient (Wildman–Crippen LogP) is 5.29. The molecule has 1 N–H and O–H groups in total. The number of β-lactam (4-membered cyclic amide) rings is 1. The second-order valence-corrected chi connectivity index (χ2v) is 14.6. The molecule has 5 unspecified atom stereocenters. The number of benzene rings is 4. The average Bonchev–Trinajstić information content (AvgIpc) is 3.13. The highest BCUT2D eigenvalue weighted by molar-refractivity contribution is 8.29. The van der Waals surface area contributed by atoms with Crippen molar-refractivity contribution in [2.45, 2.75) is 43.5 Å². The average molecular weight is 695 g/mol. The van der Waals surface area contributed by atoms with Crippen LogP contribution in [0.2, 0.25) is 0 Å². The molecule has 0 spiro atoms. The molecule has 0 saturated carbocycles. The molecule has 0 bridgehead atoms. The lowest BCUT2D eigenvalue weighted by atomic mass is 9.98. The summed E-state index contributed by atoms with van der Waals surface area (Å²) in [6.07, 6.45) is -0.362. The Morgan fingerprint density at radius 3 is 2.00 bits per heavy atom. The number of hydrogen-bond acceptors (Lipinski definition) is 7. The number of amides is 2. The summed E-state index contributed by atoms with van der Waals surface area (Å²) < 4.78 is 11.6. The second kappa shape index (κ2) is 17.1. The van der Waals surface area contributed by atoms with Gasteiger partial charge in [-0.1, -0.05) is 137 Å². The van der Waals surface area contributed by atoms with Crippen LogP contribution < -0.4 is 5.32 Å². The van der Waals surface area contributed by atoms with Crippen LogP contribution in [0.5, 0.6) is 0 Å². The molecular weight excluding hydrogens is 657 g/mol. The first-order chi connectivity index (χ1) is 23.7. The Hall–Kier alpha value is -4.77. The van der Waals surface area contributed by atoms with Gasteiger partial charge in [-0.3, -0.25) is 14.4 Å². The van der Waals surface area contributed by atoms with E-state index in [9.17, 15) is 19.2 Å². The second-order valence-electron chi connectivity index (χ2n) is 11.7. The highest BCUT2D eigenvalue weighted by Crippen LogP contribution is 2.31. The zero-order valence-electron chi connectivity index (χ0n) is 27.1. The van der Waals surface area contributed by atoms with Gasteiger partial charge in [0.25, 0.3) is 5.91 Å². The first kappa shape index (κ1) is 35.5. The summed E-state index contributed by atoms with van der Waals surface area (Å²) in [6, 6.07) is 34.7. The van der Waals surface area contributed by atoms with Crippen LogP contribution in [0, 0.1) is 0 Å². The Kier molecular flexibility index (Phi) is 12.4. The van der Waals surface area contributed by atoms with E-state index in [2.05, 4.69) is 11.9 Å². The van der Waals surface area contributed by atoms with Gasteiger partial charge in [-0.15, -0.1) is 0 Å². The smallest absolute Gasteiger partial charge is 0.333 e. The van der Waals surface area contributed by atoms with Crippen LogP contribution in [0.25, 0.3) is 0 Å². The number of nitrogens with one attached hydrogen (secondary N) is 1. The maximum absolute atomic E-state index is 13.9. The summed E-state index contributed by atoms with van der Waals surface area (Å²) in [4.78, 5) is 55.5. The van der Waals surface area contributed by atoms with Crippen molar-refractivity contribution in [3.8, 4) is 0 Å². The largest absolute Gasteiger partial charge is 0.455 e. The number of nitrogens with zero attached hydrogens (tertiary/aromatic N) is 1. The number of ether oxygens (including phenoxy) is 2. The van der Waals surface area contributed by atoms with Gasteiger partial charge in [0.15, 0.2) is 24.5 Å². The lowest BCUT2D eigenvalue weighted by molar-refractivity contribution is -0.163. The van der Waals surface area contributed by atoms with Crippen molar-refractivity contribution >= 4 is 44.2 Å². The van der Waals surface area contributed by atoms with Crippen LogP contribution in [0.1, 0.15) is 40.1 Å². The number of ketones is 1. The summed E-state index contributed by atoms with van der Waals surface area (Å²) >= 11 is 6.02. The van der Waals surface area contributed by atoms with E-state index in [-0.39, 0.29) is 12.4 Å². The lowest BCUT2D eigenvalue weighted by Gasteiger charge is -2.50. The van der Waals surface area contributed by atoms with Crippen molar-refractivity contribution in [1.29, 1.82) is 0 Å². The maximum Gasteiger partial charge on any atom is 0.333 e. The molecule has 1 fully saturated rings. The molecular formula is C39H38N2O6S2. The van der Waals surface area contributed by atoms with Crippen LogP contribution in [0.4, 0.5) is 0 Å². The van der Waals surface area contributed by atoms with E-state index in [0.29, 0.717) is 28.9 Å². The quantitative estimate of drug-likeness (QED) is 0.0737. The van der Waals surface area contributed by atoms with E-state index in [1.807, 2.05) is 78.9 Å². The highest BCUT2D eigenvalue weighted by Gasteiger charge is 2.55. The number of hydrogen-bond donors (Lipinski definition) is 1. The van der Waals surface area contributed by atoms with Crippen LogP contribution in [-0.4, -0.2) is 58.3 Å². The predicted molar refractivity (Wildman–Crippen MR) is 193 cm³/mol. The number of rotatable bonds is 16. The van der Waals surface area contributed by atoms with Gasteiger partial charge < -0.3 is 19.7 Å². The number of esters is 1. The molecule has 5 atom stereocenters. The Morgan fingerprint density at radius 2 is 1.41 bits per heavy atom. The standard InChI is InChI=1S/C39H38N2O6S2/c1-27(2)34(39(45)47-26-32(42)30-19-11-5-12-20-30)41-37(44)33(38(41)49(48)24-23-28-15-7-3-8-16-28)40-36(43)35(31-21-13-6-14-22-31)46-25-29-17-9-4-10-18-29/h3-22,33-35,38H,1,23-26H2,2H3,(H,40,43). The van der Waals surface area contributed by atoms with Gasteiger partial charge in [0, 0.05) is 11.3 Å². The molecule has 49 heavy (non-hydrogen) atoms. The van der Waals surface area contributed by atoms with Gasteiger partial charge in [-0.25, -0.2) is 4.79 Å². The number of carbonyl (C=O) groups is 4. The molecule has 1 aliphatic rings. The summed E-state index contributed by atoms with van der Waals surface area (Å²) in [5.74, 6) is -1.63. The van der Waals surface area contributed by atoms with E-state index in [1.54, 1.807) is 49.4 Å². The third-order valence-electron chi connectivity index (χ3n) is 8.09. The van der Waals surface area contributed by atoms with Gasteiger partial charge in [0.1, 0.15) is 11.4 Å². The van der Waals surface area contributed by atoms with Crippen molar-refractivity contribution in [2.24, 2.45) is 0 Å². The number of likely N-dealkylation sites (tertiary alicyclic amines) is 1. The van der Waals surface area contributed by atoms with Crippen LogP contribution in [0.3, 0.4) is 0 Å². The van der Waals surface area contributed by atoms with Crippen LogP contribution >= 0.6 is 0 Å². The molecule has 8 nitrogen and oxygen atoms in total. The van der Waals surface area contributed by atoms with Crippen LogP contribution in [0.15, 0.2) is 133 Å². The number of aryl methyl sites for hydroxylation is 1. The molecule has 5 rings (SSSR count). The van der Waals surface area contributed by atoms with E-state index in [1.165, 1.54) is 4.90 Å². The van der Waals surface area contributed by atoms with Crippen molar-refractivity contribution in [3.05, 3.63) is 156 Å². The van der Waals surface area contributed by atoms with Crippen molar-refractivity contribution in [1.82, 2.24) is 10.2 Å². The number of carbonyl (C=O) groups excluding carboxylic acids is 4. The Labute approximate surface area is 293 Å². The first-order valence-electron chi connectivity index (χ1n) is 15.9. The van der Waals surface area contributed by atoms with Gasteiger partial charge >= 0.3 is 5.97 Å². The zero-order chi connectivity index (χ0) is 34.8. The lowest BCUT2D eigenvalue weighted by Crippen LogP contribution is -2.75. The van der Waals surface area contributed by atoms with Gasteiger partial charge in [0.05, 0.1) is 6.61 Å². The molecule has 0 radical (unpaired) electrons. The molecule has 0 aliphatic carbocycles. The summed E-state index contributed by atoms with van der Waals surface area (Å²) in [5, 5.41) is 2.21. The maximum atomic E-state index is 13.9. The minimum absolute atomic E-state index is 0.176. The van der Waals surface area contributed by atoms with Gasteiger partial charge in [0.2, 0.25) is 5.91 Å². The van der Waals surface area contributed by atoms with E-state index in [0.717, 1.165) is 11.1 Å². The summed E-state index contributed by atoms with van der Waals surface area (Å²) in [5.41, 5.74) is 3.35. The van der Waals surface area contributed by atoms with Crippen molar-refractivity contribution in [2.75, 3.05) is 12.4 Å². The monoisotopic (exact) mass is 694 g/mol. The van der Waals surface area contributed by atoms with Crippen LogP contribution in [-0.2, 0) is 57.5 Å². The molecule has 252 valence electrons. The molecule has 1 aliphatic heterocycles. The van der Waals surface area contributed by atoms with Gasteiger partial charge in [-0.05, 0) is 46.8 Å². The molecule has 4 aromatic rings. The molecule has 10 heteroatoms. The first-order valence-corrected chi connectivity index (χ1v) is 18.3. The van der Waals surface area contributed by atoms with E-state index >= 15 is 0 Å². The normalized spacial score (nSPS) is 17.2. The Bertz CT molecular complexity index is 1790. The third kappa shape index (κ3) is 9.03. The van der Waals surface area contributed by atoms with E-state index in [4.69, 9.17) is 20.7 Å². The van der Waals surface area contributed by atoms with E-state index < -0.39 is 57.4 Å².